The Hall–Kier alpha value is -0.790. The molecule has 2 aliphatic carbocycles. The Morgan fingerprint density at radius 1 is 1.11 bits per heavy atom. The van der Waals surface area contributed by atoms with Crippen LogP contribution in [0.5, 0.6) is 0 Å². The van der Waals surface area contributed by atoms with E-state index in [0.29, 0.717) is 6.04 Å². The van der Waals surface area contributed by atoms with E-state index in [0.717, 1.165) is 23.7 Å². The van der Waals surface area contributed by atoms with E-state index in [1.807, 2.05) is 0 Å². The van der Waals surface area contributed by atoms with E-state index in [1.165, 1.54) is 36.9 Å². The van der Waals surface area contributed by atoms with Crippen LogP contribution < -0.4 is 0 Å². The van der Waals surface area contributed by atoms with Crippen LogP contribution in [0.1, 0.15) is 57.8 Å². The highest BCUT2D eigenvalue weighted by Gasteiger charge is 2.50. The topological polar surface area (TPSA) is 17.8 Å². The molecule has 0 N–H and O–H groups in total. The number of fused-ring (bicyclic) bond motifs is 2. The van der Waals surface area contributed by atoms with Gasteiger partial charge < -0.3 is 0 Å². The van der Waals surface area contributed by atoms with Crippen molar-refractivity contribution >= 4 is 0 Å². The summed E-state index contributed by atoms with van der Waals surface area (Å²) in [5.74, 6) is 3.91. The lowest BCUT2D eigenvalue weighted by Gasteiger charge is -2.14. The fourth-order valence-corrected chi connectivity index (χ4v) is 4.25. The summed E-state index contributed by atoms with van der Waals surface area (Å²) in [5.41, 5.74) is 3.05. The second-order valence-corrected chi connectivity index (χ2v) is 6.88. The van der Waals surface area contributed by atoms with E-state index in [-0.39, 0.29) is 0 Å². The molecule has 3 rings (SSSR count). The number of aryl methyl sites for hydroxylation is 1. The normalized spacial score (nSPS) is 30.9. The first-order valence-corrected chi connectivity index (χ1v) is 7.65. The number of hydrogen-bond acceptors (Lipinski definition) is 1. The molecule has 100 valence electrons. The SMILES string of the molecule is CC(C)[C@@H]1C2CCc3cnn(C(C)C)c3CCC21. The fraction of sp³-hybridized carbons (Fsp3) is 0.812. The van der Waals surface area contributed by atoms with Gasteiger partial charge in [0, 0.05) is 11.7 Å². The van der Waals surface area contributed by atoms with Crippen molar-refractivity contribution < 1.29 is 0 Å². The molecule has 18 heavy (non-hydrogen) atoms. The smallest absolute Gasteiger partial charge is 0.0524 e. The quantitative estimate of drug-likeness (QED) is 0.774. The van der Waals surface area contributed by atoms with Crippen LogP contribution in [-0.2, 0) is 12.8 Å². The zero-order valence-electron chi connectivity index (χ0n) is 12.2. The molecule has 3 atom stereocenters. The van der Waals surface area contributed by atoms with Gasteiger partial charge in [-0.05, 0) is 68.8 Å². The first-order valence-electron chi connectivity index (χ1n) is 7.65. The molecule has 1 saturated carbocycles. The van der Waals surface area contributed by atoms with Gasteiger partial charge in [0.2, 0.25) is 0 Å². The number of hydrogen-bond donors (Lipinski definition) is 0. The molecule has 2 nitrogen and oxygen atoms in total. The zero-order valence-corrected chi connectivity index (χ0v) is 12.2. The van der Waals surface area contributed by atoms with Crippen LogP contribution in [0.15, 0.2) is 6.20 Å². The molecule has 0 amide bonds. The molecule has 1 aromatic rings. The van der Waals surface area contributed by atoms with E-state index < -0.39 is 0 Å². The predicted molar refractivity (Wildman–Crippen MR) is 74.6 cm³/mol. The fourth-order valence-electron chi connectivity index (χ4n) is 4.25. The molecule has 2 unspecified atom stereocenters. The van der Waals surface area contributed by atoms with Crippen LogP contribution >= 0.6 is 0 Å². The van der Waals surface area contributed by atoms with Crippen LogP contribution in [0.3, 0.4) is 0 Å². The van der Waals surface area contributed by atoms with Gasteiger partial charge in [-0.2, -0.15) is 5.10 Å². The van der Waals surface area contributed by atoms with Gasteiger partial charge in [0.25, 0.3) is 0 Å². The molecule has 0 bridgehead atoms. The maximum atomic E-state index is 4.59. The minimum Gasteiger partial charge on any atom is -0.267 e. The van der Waals surface area contributed by atoms with Gasteiger partial charge in [0.15, 0.2) is 0 Å². The lowest BCUT2D eigenvalue weighted by molar-refractivity contribution is 0.478. The van der Waals surface area contributed by atoms with Crippen LogP contribution in [0.4, 0.5) is 0 Å². The van der Waals surface area contributed by atoms with Gasteiger partial charge in [-0.3, -0.25) is 4.68 Å². The number of rotatable bonds is 2. The van der Waals surface area contributed by atoms with E-state index in [1.54, 1.807) is 0 Å². The Balaban J connectivity index is 1.79. The number of nitrogens with zero attached hydrogens (tertiary/aromatic N) is 2. The minimum absolute atomic E-state index is 0.504. The van der Waals surface area contributed by atoms with Crippen molar-refractivity contribution in [3.8, 4) is 0 Å². The summed E-state index contributed by atoms with van der Waals surface area (Å²) in [4.78, 5) is 0. The second-order valence-electron chi connectivity index (χ2n) is 6.88. The Morgan fingerprint density at radius 2 is 1.78 bits per heavy atom. The molecule has 0 aromatic carbocycles. The van der Waals surface area contributed by atoms with Crippen LogP contribution in [0.25, 0.3) is 0 Å². The van der Waals surface area contributed by atoms with Crippen LogP contribution in [0, 0.1) is 23.7 Å². The molecule has 1 aromatic heterocycles. The van der Waals surface area contributed by atoms with E-state index >= 15 is 0 Å². The molecule has 1 fully saturated rings. The summed E-state index contributed by atoms with van der Waals surface area (Å²) >= 11 is 0. The lowest BCUT2D eigenvalue weighted by Crippen LogP contribution is -2.10. The maximum Gasteiger partial charge on any atom is 0.0524 e. The molecule has 1 heterocycles. The minimum atomic E-state index is 0.504. The van der Waals surface area contributed by atoms with Crippen molar-refractivity contribution in [2.75, 3.05) is 0 Å². The summed E-state index contributed by atoms with van der Waals surface area (Å²) in [6, 6.07) is 0.504. The van der Waals surface area contributed by atoms with Crippen LogP contribution in [-0.4, -0.2) is 9.78 Å². The van der Waals surface area contributed by atoms with Gasteiger partial charge in [-0.25, -0.2) is 0 Å². The van der Waals surface area contributed by atoms with Crippen molar-refractivity contribution in [3.63, 3.8) is 0 Å². The number of aromatic nitrogens is 2. The Bertz CT molecular complexity index is 430. The van der Waals surface area contributed by atoms with E-state index in [4.69, 9.17) is 0 Å². The summed E-state index contributed by atoms with van der Waals surface area (Å²) in [5, 5.41) is 4.59. The molecule has 0 spiro atoms. The monoisotopic (exact) mass is 246 g/mol. The van der Waals surface area contributed by atoms with Crippen LogP contribution in [0.2, 0.25) is 0 Å². The van der Waals surface area contributed by atoms with Gasteiger partial charge in [0.05, 0.1) is 6.20 Å². The predicted octanol–water partition coefficient (Wildman–Crippen LogP) is 3.86. The second kappa shape index (κ2) is 4.40. The van der Waals surface area contributed by atoms with E-state index in [2.05, 4.69) is 43.7 Å². The van der Waals surface area contributed by atoms with Crippen molar-refractivity contribution in [1.29, 1.82) is 0 Å². The van der Waals surface area contributed by atoms with Gasteiger partial charge in [-0.15, -0.1) is 0 Å². The molecule has 0 saturated heterocycles. The Labute approximate surface area is 111 Å². The summed E-state index contributed by atoms with van der Waals surface area (Å²) in [7, 11) is 0. The zero-order chi connectivity index (χ0) is 12.9. The first kappa shape index (κ1) is 12.3. The summed E-state index contributed by atoms with van der Waals surface area (Å²) in [6.45, 7) is 9.28. The van der Waals surface area contributed by atoms with Gasteiger partial charge in [-0.1, -0.05) is 13.8 Å². The third-order valence-corrected chi connectivity index (χ3v) is 5.10. The molecule has 2 heteroatoms. The summed E-state index contributed by atoms with van der Waals surface area (Å²) in [6.07, 6.45) is 7.41. The highest BCUT2D eigenvalue weighted by atomic mass is 15.3. The molecular formula is C16H26N2. The van der Waals surface area contributed by atoms with Crippen molar-refractivity contribution in [2.45, 2.75) is 59.4 Å². The standard InChI is InChI=1S/C16H26N2/c1-10(2)16-13-6-5-12-9-17-18(11(3)4)15(12)8-7-14(13)16/h9-11,13-14,16H,5-8H2,1-4H3/t13?,14?,16-/m1/s1. The van der Waals surface area contributed by atoms with Crippen molar-refractivity contribution in [2.24, 2.45) is 23.7 Å². The third-order valence-electron chi connectivity index (χ3n) is 5.10. The third kappa shape index (κ3) is 1.90. The Kier molecular flexibility index (Phi) is 2.99. The van der Waals surface area contributed by atoms with Gasteiger partial charge in [0.1, 0.15) is 0 Å². The van der Waals surface area contributed by atoms with Crippen molar-refractivity contribution in [3.05, 3.63) is 17.5 Å². The van der Waals surface area contributed by atoms with Gasteiger partial charge >= 0.3 is 0 Å². The summed E-state index contributed by atoms with van der Waals surface area (Å²) < 4.78 is 2.25. The lowest BCUT2D eigenvalue weighted by atomic mass is 9.99. The average molecular weight is 246 g/mol. The largest absolute Gasteiger partial charge is 0.267 e. The maximum absolute atomic E-state index is 4.59. The molecule has 0 aliphatic heterocycles. The molecular weight excluding hydrogens is 220 g/mol. The highest BCUT2D eigenvalue weighted by molar-refractivity contribution is 5.21. The molecule has 2 aliphatic rings. The Morgan fingerprint density at radius 3 is 2.39 bits per heavy atom. The average Bonchev–Trinajstić information content (AvgIpc) is 2.81. The first-order chi connectivity index (χ1) is 8.59. The molecule has 0 radical (unpaired) electrons. The van der Waals surface area contributed by atoms with E-state index in [9.17, 15) is 0 Å². The highest BCUT2D eigenvalue weighted by Crippen LogP contribution is 2.56. The van der Waals surface area contributed by atoms with Crippen molar-refractivity contribution in [1.82, 2.24) is 9.78 Å².